The van der Waals surface area contributed by atoms with Crippen molar-refractivity contribution in [1.29, 1.82) is 0 Å². The fraction of sp³-hybridized carbons (Fsp3) is 0.286. The molecule has 2 aromatic rings. The molecule has 0 N–H and O–H groups in total. The first-order chi connectivity index (χ1) is 9.11. The van der Waals surface area contributed by atoms with Crippen LogP contribution in [0.1, 0.15) is 35.1 Å². The van der Waals surface area contributed by atoms with Gasteiger partial charge in [0, 0.05) is 0 Å². The third-order valence-corrected chi connectivity index (χ3v) is 3.83. The van der Waals surface area contributed by atoms with Gasteiger partial charge in [0.1, 0.15) is 10.7 Å². The molecule has 4 nitrogen and oxygen atoms in total. The Morgan fingerprint density at radius 2 is 1.95 bits per heavy atom. The van der Waals surface area contributed by atoms with E-state index in [0.717, 1.165) is 18.4 Å². The van der Waals surface area contributed by atoms with Crippen molar-refractivity contribution >= 4 is 21.8 Å². The first-order valence-corrected chi connectivity index (χ1v) is 7.00. The number of aryl methyl sites for hydroxylation is 1. The van der Waals surface area contributed by atoms with Crippen molar-refractivity contribution in [3.05, 3.63) is 63.4 Å². The molecule has 2 rings (SSSR count). The molecule has 5 heteroatoms. The number of halogens is 1. The van der Waals surface area contributed by atoms with Crippen molar-refractivity contribution in [2.45, 2.75) is 24.6 Å². The maximum Gasteiger partial charge on any atom is 0.433 e. The zero-order valence-corrected chi connectivity index (χ0v) is 12.1. The van der Waals surface area contributed by atoms with Crippen LogP contribution in [0.2, 0.25) is 0 Å². The summed E-state index contributed by atoms with van der Waals surface area (Å²) in [5.74, 6) is 0.303. The molecular formula is C14H14BrNO3. The van der Waals surface area contributed by atoms with Gasteiger partial charge in [-0.15, -0.1) is 0 Å². The van der Waals surface area contributed by atoms with Gasteiger partial charge in [0.05, 0.1) is 10.9 Å². The minimum Gasteiger partial charge on any atom is -0.404 e. The van der Waals surface area contributed by atoms with Crippen LogP contribution >= 0.6 is 15.9 Å². The fourth-order valence-corrected chi connectivity index (χ4v) is 2.43. The van der Waals surface area contributed by atoms with E-state index in [1.54, 1.807) is 6.07 Å². The van der Waals surface area contributed by atoms with E-state index in [0.29, 0.717) is 5.76 Å². The van der Waals surface area contributed by atoms with Crippen LogP contribution in [0.5, 0.6) is 0 Å². The van der Waals surface area contributed by atoms with Crippen molar-refractivity contribution in [3.8, 4) is 0 Å². The van der Waals surface area contributed by atoms with Crippen molar-refractivity contribution in [1.82, 2.24) is 0 Å². The Bertz CT molecular complexity index is 562. The third kappa shape index (κ3) is 3.23. The van der Waals surface area contributed by atoms with E-state index in [9.17, 15) is 10.1 Å². The van der Waals surface area contributed by atoms with E-state index in [4.69, 9.17) is 4.42 Å². The smallest absolute Gasteiger partial charge is 0.404 e. The molecule has 1 aromatic heterocycles. The molecule has 0 saturated heterocycles. The standard InChI is InChI=1S/C14H14BrNO3/c1-2-3-10-4-6-11(7-5-10)14(15)12-8-9-13(19-12)16(17)18/h4-9,14H,2-3H2,1H3. The van der Waals surface area contributed by atoms with Gasteiger partial charge in [-0.3, -0.25) is 10.1 Å². The molecule has 1 unspecified atom stereocenters. The lowest BCUT2D eigenvalue weighted by molar-refractivity contribution is -0.402. The number of nitrogens with zero attached hydrogens (tertiary/aromatic N) is 1. The summed E-state index contributed by atoms with van der Waals surface area (Å²) >= 11 is 3.50. The summed E-state index contributed by atoms with van der Waals surface area (Å²) in [5, 5.41) is 10.6. The Labute approximate surface area is 119 Å². The molecule has 0 radical (unpaired) electrons. The largest absolute Gasteiger partial charge is 0.433 e. The van der Waals surface area contributed by atoms with Gasteiger partial charge < -0.3 is 4.42 Å². The van der Waals surface area contributed by atoms with Crippen molar-refractivity contribution < 1.29 is 9.34 Å². The number of benzene rings is 1. The molecule has 0 saturated carbocycles. The molecule has 1 heterocycles. The summed E-state index contributed by atoms with van der Waals surface area (Å²) in [6.45, 7) is 2.14. The lowest BCUT2D eigenvalue weighted by Gasteiger charge is -2.07. The molecule has 0 spiro atoms. The predicted octanol–water partition coefficient (Wildman–Crippen LogP) is 4.62. The zero-order valence-electron chi connectivity index (χ0n) is 10.5. The van der Waals surface area contributed by atoms with Gasteiger partial charge in [0.2, 0.25) is 0 Å². The monoisotopic (exact) mass is 323 g/mol. The Hall–Kier alpha value is -1.62. The summed E-state index contributed by atoms with van der Waals surface area (Å²) < 4.78 is 5.19. The average Bonchev–Trinajstić information content (AvgIpc) is 2.89. The topological polar surface area (TPSA) is 56.3 Å². The molecule has 0 aliphatic carbocycles. The highest BCUT2D eigenvalue weighted by Crippen LogP contribution is 2.33. The Kier molecular flexibility index (Phi) is 4.37. The Morgan fingerprint density at radius 3 is 2.47 bits per heavy atom. The SMILES string of the molecule is CCCc1ccc(C(Br)c2ccc([N+](=O)[O-])o2)cc1. The van der Waals surface area contributed by atoms with Crippen LogP contribution in [0.15, 0.2) is 40.8 Å². The van der Waals surface area contributed by atoms with Crippen molar-refractivity contribution in [3.63, 3.8) is 0 Å². The fourth-order valence-electron chi connectivity index (χ4n) is 1.88. The second-order valence-electron chi connectivity index (χ2n) is 4.29. The lowest BCUT2D eigenvalue weighted by Crippen LogP contribution is -1.92. The van der Waals surface area contributed by atoms with Crippen molar-refractivity contribution in [2.24, 2.45) is 0 Å². The third-order valence-electron chi connectivity index (χ3n) is 2.85. The molecule has 0 aliphatic rings. The number of alkyl halides is 1. The molecule has 0 amide bonds. The minimum atomic E-state index is -0.534. The molecule has 19 heavy (non-hydrogen) atoms. The number of nitro groups is 1. The number of hydrogen-bond donors (Lipinski definition) is 0. The minimum absolute atomic E-state index is 0.170. The highest BCUT2D eigenvalue weighted by Gasteiger charge is 2.18. The van der Waals surface area contributed by atoms with Crippen LogP contribution in [-0.4, -0.2) is 4.92 Å². The van der Waals surface area contributed by atoms with Gasteiger partial charge >= 0.3 is 5.88 Å². The predicted molar refractivity (Wildman–Crippen MR) is 76.6 cm³/mol. The van der Waals surface area contributed by atoms with Gasteiger partial charge in [-0.25, -0.2) is 0 Å². The number of furan rings is 1. The number of hydrogen-bond acceptors (Lipinski definition) is 3. The van der Waals surface area contributed by atoms with Gasteiger partial charge in [0.25, 0.3) is 0 Å². The average molecular weight is 324 g/mol. The van der Waals surface area contributed by atoms with E-state index >= 15 is 0 Å². The van der Waals surface area contributed by atoms with Gasteiger partial charge in [-0.1, -0.05) is 53.5 Å². The summed E-state index contributed by atoms with van der Waals surface area (Å²) in [5.41, 5.74) is 2.31. The van der Waals surface area contributed by atoms with Crippen molar-refractivity contribution in [2.75, 3.05) is 0 Å². The van der Waals surface area contributed by atoms with Crippen LogP contribution in [0, 0.1) is 10.1 Å². The van der Waals surface area contributed by atoms with E-state index < -0.39 is 4.92 Å². The van der Waals surface area contributed by atoms with Crippen LogP contribution in [-0.2, 0) is 6.42 Å². The zero-order chi connectivity index (χ0) is 13.8. The van der Waals surface area contributed by atoms with Gasteiger partial charge in [-0.2, -0.15) is 0 Å². The highest BCUT2D eigenvalue weighted by atomic mass is 79.9. The molecule has 100 valence electrons. The van der Waals surface area contributed by atoms with E-state index in [1.807, 2.05) is 12.1 Å². The summed E-state index contributed by atoms with van der Waals surface area (Å²) in [7, 11) is 0. The Balaban J connectivity index is 2.17. The van der Waals surface area contributed by atoms with E-state index in [1.165, 1.54) is 11.6 Å². The highest BCUT2D eigenvalue weighted by molar-refractivity contribution is 9.09. The summed E-state index contributed by atoms with van der Waals surface area (Å²) in [6, 6.07) is 11.2. The van der Waals surface area contributed by atoms with Crippen LogP contribution in [0.4, 0.5) is 5.88 Å². The first kappa shape index (κ1) is 13.8. The van der Waals surface area contributed by atoms with E-state index in [-0.39, 0.29) is 10.7 Å². The molecular weight excluding hydrogens is 310 g/mol. The lowest BCUT2D eigenvalue weighted by atomic mass is 10.1. The summed E-state index contributed by atoms with van der Waals surface area (Å²) in [4.78, 5) is 9.88. The van der Waals surface area contributed by atoms with Crippen LogP contribution in [0.3, 0.4) is 0 Å². The van der Waals surface area contributed by atoms with Gasteiger partial charge in [-0.05, 0) is 23.6 Å². The molecule has 0 fully saturated rings. The second kappa shape index (κ2) is 6.02. The maximum atomic E-state index is 10.6. The number of rotatable bonds is 5. The quantitative estimate of drug-likeness (QED) is 0.458. The molecule has 0 bridgehead atoms. The molecule has 1 aromatic carbocycles. The molecule has 0 aliphatic heterocycles. The Morgan fingerprint density at radius 1 is 1.26 bits per heavy atom. The normalized spacial score (nSPS) is 12.3. The van der Waals surface area contributed by atoms with Gasteiger partial charge in [0.15, 0.2) is 0 Å². The van der Waals surface area contributed by atoms with E-state index in [2.05, 4.69) is 35.0 Å². The van der Waals surface area contributed by atoms with Crippen LogP contribution < -0.4 is 0 Å². The first-order valence-electron chi connectivity index (χ1n) is 6.09. The second-order valence-corrected chi connectivity index (χ2v) is 5.20. The maximum absolute atomic E-state index is 10.6. The summed E-state index contributed by atoms with van der Waals surface area (Å²) in [6.07, 6.45) is 2.17. The van der Waals surface area contributed by atoms with Crippen LogP contribution in [0.25, 0.3) is 0 Å². The molecule has 1 atom stereocenters.